The zero-order valence-corrected chi connectivity index (χ0v) is 12.7. The fraction of sp³-hybridized carbons (Fsp3) is 0.231. The Labute approximate surface area is 126 Å². The molecule has 0 atom stereocenters. The van der Waals surface area contributed by atoms with E-state index in [9.17, 15) is 12.8 Å². The van der Waals surface area contributed by atoms with E-state index in [0.717, 1.165) is 4.31 Å². The molecule has 3 rings (SSSR count). The van der Waals surface area contributed by atoms with Gasteiger partial charge in [0.25, 0.3) is 0 Å². The van der Waals surface area contributed by atoms with Crippen LogP contribution in [-0.4, -0.2) is 41.6 Å². The lowest BCUT2D eigenvalue weighted by molar-refractivity contribution is 0.490. The predicted molar refractivity (Wildman–Crippen MR) is 76.2 cm³/mol. The lowest BCUT2D eigenvalue weighted by Crippen LogP contribution is -2.21. The molecule has 0 aliphatic rings. The summed E-state index contributed by atoms with van der Waals surface area (Å²) in [6, 6.07) is 4.05. The van der Waals surface area contributed by atoms with Crippen LogP contribution in [0.2, 0.25) is 0 Å². The smallest absolute Gasteiger partial charge is 0.245 e. The summed E-state index contributed by atoms with van der Waals surface area (Å²) in [4.78, 5) is 4.23. The molecule has 116 valence electrons. The number of nitrogens with zero attached hydrogens (tertiary/aromatic N) is 4. The summed E-state index contributed by atoms with van der Waals surface area (Å²) in [7, 11) is -0.636. The first-order chi connectivity index (χ1) is 10.4. The van der Waals surface area contributed by atoms with E-state index < -0.39 is 15.8 Å². The van der Waals surface area contributed by atoms with Crippen molar-refractivity contribution in [1.82, 2.24) is 19.1 Å². The van der Waals surface area contributed by atoms with Crippen molar-refractivity contribution >= 4 is 21.1 Å². The minimum absolute atomic E-state index is 0.0830. The van der Waals surface area contributed by atoms with Crippen molar-refractivity contribution in [2.24, 2.45) is 0 Å². The lowest BCUT2D eigenvalue weighted by atomic mass is 10.3. The number of halogens is 1. The monoisotopic (exact) mass is 324 g/mol. The normalized spacial score (nSPS) is 12.4. The highest BCUT2D eigenvalue weighted by Crippen LogP contribution is 2.18. The van der Waals surface area contributed by atoms with Gasteiger partial charge in [0.15, 0.2) is 5.58 Å². The molecule has 0 fully saturated rings. The second-order valence-corrected chi connectivity index (χ2v) is 7.03. The van der Waals surface area contributed by atoms with E-state index in [0.29, 0.717) is 17.0 Å². The Morgan fingerprint density at radius 1 is 1.36 bits per heavy atom. The van der Waals surface area contributed by atoms with Gasteiger partial charge in [-0.2, -0.15) is 5.10 Å². The molecule has 3 aromatic rings. The van der Waals surface area contributed by atoms with Gasteiger partial charge in [0.2, 0.25) is 15.9 Å². The van der Waals surface area contributed by atoms with E-state index in [1.54, 1.807) is 0 Å². The van der Waals surface area contributed by atoms with Crippen molar-refractivity contribution < 1.29 is 17.2 Å². The van der Waals surface area contributed by atoms with Crippen molar-refractivity contribution in [2.45, 2.75) is 11.4 Å². The van der Waals surface area contributed by atoms with Gasteiger partial charge in [-0.15, -0.1) is 0 Å². The molecule has 0 aliphatic heterocycles. The van der Waals surface area contributed by atoms with Gasteiger partial charge in [-0.3, -0.25) is 4.68 Å². The van der Waals surface area contributed by atoms with Crippen molar-refractivity contribution in [3.8, 4) is 0 Å². The van der Waals surface area contributed by atoms with Gasteiger partial charge in [0, 0.05) is 26.4 Å². The third-order valence-corrected chi connectivity index (χ3v) is 4.85. The highest BCUT2D eigenvalue weighted by atomic mass is 32.2. The van der Waals surface area contributed by atoms with Gasteiger partial charge >= 0.3 is 0 Å². The molecule has 9 heteroatoms. The first kappa shape index (κ1) is 14.7. The van der Waals surface area contributed by atoms with Crippen LogP contribution in [0, 0.1) is 5.82 Å². The van der Waals surface area contributed by atoms with Crippen molar-refractivity contribution in [3.63, 3.8) is 0 Å². The molecule has 0 bridgehead atoms. The molecule has 0 saturated carbocycles. The van der Waals surface area contributed by atoms with E-state index in [4.69, 9.17) is 4.42 Å². The molecule has 0 saturated heterocycles. The van der Waals surface area contributed by atoms with Crippen LogP contribution in [0.5, 0.6) is 0 Å². The van der Waals surface area contributed by atoms with Crippen LogP contribution < -0.4 is 0 Å². The maximum Gasteiger partial charge on any atom is 0.245 e. The second-order valence-electron chi connectivity index (χ2n) is 4.88. The maximum atomic E-state index is 13.1. The van der Waals surface area contributed by atoms with Gasteiger partial charge in [-0.1, -0.05) is 0 Å². The average molecular weight is 324 g/mol. The van der Waals surface area contributed by atoms with Crippen molar-refractivity contribution in [1.29, 1.82) is 0 Å². The predicted octanol–water partition coefficient (Wildman–Crippen LogP) is 1.46. The lowest BCUT2D eigenvalue weighted by Gasteiger charge is -2.08. The molecule has 2 aromatic heterocycles. The summed E-state index contributed by atoms with van der Waals surface area (Å²) < 4.78 is 45.0. The summed E-state index contributed by atoms with van der Waals surface area (Å²) in [5, 5.41) is 3.98. The molecule has 0 unspecified atom stereocenters. The van der Waals surface area contributed by atoms with Crippen LogP contribution in [0.25, 0.3) is 11.1 Å². The minimum atomic E-state index is -3.53. The van der Waals surface area contributed by atoms with Gasteiger partial charge in [-0.25, -0.2) is 22.1 Å². The third-order valence-electron chi connectivity index (χ3n) is 3.08. The largest absolute Gasteiger partial charge is 0.439 e. The summed E-state index contributed by atoms with van der Waals surface area (Å²) in [5.74, 6) is -0.0803. The van der Waals surface area contributed by atoms with Crippen LogP contribution >= 0.6 is 0 Å². The molecule has 1 aromatic carbocycles. The highest BCUT2D eigenvalue weighted by Gasteiger charge is 2.19. The first-order valence-electron chi connectivity index (χ1n) is 6.36. The Hall–Kier alpha value is -2.26. The highest BCUT2D eigenvalue weighted by molar-refractivity contribution is 7.89. The summed E-state index contributed by atoms with van der Waals surface area (Å²) in [6.07, 6.45) is 2.66. The number of hydrogen-bond donors (Lipinski definition) is 0. The van der Waals surface area contributed by atoms with Gasteiger partial charge in [0.05, 0.1) is 6.20 Å². The molecule has 0 aliphatic carbocycles. The molecular weight excluding hydrogens is 311 g/mol. The van der Waals surface area contributed by atoms with Crippen LogP contribution in [0.4, 0.5) is 4.39 Å². The average Bonchev–Trinajstić information content (AvgIpc) is 3.05. The van der Waals surface area contributed by atoms with Crippen LogP contribution in [0.1, 0.15) is 5.89 Å². The van der Waals surface area contributed by atoms with Crippen LogP contribution in [0.15, 0.2) is 39.9 Å². The molecular formula is C13H13FN4O3S. The zero-order valence-electron chi connectivity index (χ0n) is 11.9. The standard InChI is InChI=1S/C13H13FN4O3S/c1-17(2)22(19,20)10-6-15-18(7-10)8-13-16-11-5-9(14)3-4-12(11)21-13/h3-7H,8H2,1-2H3. The van der Waals surface area contributed by atoms with Crippen LogP contribution in [0.3, 0.4) is 0 Å². The maximum absolute atomic E-state index is 13.1. The number of oxazole rings is 1. The molecule has 0 spiro atoms. The number of fused-ring (bicyclic) bond motifs is 1. The summed E-state index contributed by atoms with van der Waals surface area (Å²) in [5.41, 5.74) is 0.869. The van der Waals surface area contributed by atoms with Gasteiger partial charge in [-0.05, 0) is 12.1 Å². The zero-order chi connectivity index (χ0) is 15.9. The number of hydrogen-bond acceptors (Lipinski definition) is 5. The Balaban J connectivity index is 1.88. The van der Waals surface area contributed by atoms with Gasteiger partial charge < -0.3 is 4.42 Å². The van der Waals surface area contributed by atoms with Gasteiger partial charge in [0.1, 0.15) is 22.8 Å². The van der Waals surface area contributed by atoms with Crippen LogP contribution in [-0.2, 0) is 16.6 Å². The van der Waals surface area contributed by atoms with Crippen molar-refractivity contribution in [3.05, 3.63) is 42.3 Å². The minimum Gasteiger partial charge on any atom is -0.439 e. The Bertz CT molecular complexity index is 930. The Morgan fingerprint density at radius 3 is 2.86 bits per heavy atom. The van der Waals surface area contributed by atoms with Crippen molar-refractivity contribution in [2.75, 3.05) is 14.1 Å². The number of benzene rings is 1. The van der Waals surface area contributed by atoms with E-state index in [-0.39, 0.29) is 11.4 Å². The number of aromatic nitrogens is 3. The SMILES string of the molecule is CN(C)S(=O)(=O)c1cnn(Cc2nc3cc(F)ccc3o2)c1. The quantitative estimate of drug-likeness (QED) is 0.726. The fourth-order valence-electron chi connectivity index (χ4n) is 1.93. The number of rotatable bonds is 4. The Morgan fingerprint density at radius 2 is 2.14 bits per heavy atom. The van der Waals surface area contributed by atoms with E-state index in [2.05, 4.69) is 10.1 Å². The molecule has 7 nitrogen and oxygen atoms in total. The topological polar surface area (TPSA) is 81.2 Å². The molecule has 0 radical (unpaired) electrons. The summed E-state index contributed by atoms with van der Waals surface area (Å²) >= 11 is 0. The first-order valence-corrected chi connectivity index (χ1v) is 7.80. The molecule has 22 heavy (non-hydrogen) atoms. The number of sulfonamides is 1. The molecule has 0 amide bonds. The molecule has 0 N–H and O–H groups in total. The third kappa shape index (κ3) is 2.60. The van der Waals surface area contributed by atoms with E-state index in [1.165, 1.54) is 49.4 Å². The van der Waals surface area contributed by atoms with E-state index >= 15 is 0 Å². The fourth-order valence-corrected chi connectivity index (χ4v) is 2.79. The summed E-state index contributed by atoms with van der Waals surface area (Å²) in [6.45, 7) is 0.152. The van der Waals surface area contributed by atoms with E-state index in [1.807, 2.05) is 0 Å². The Kier molecular flexibility index (Phi) is 3.45. The second kappa shape index (κ2) is 5.18. The molecule has 2 heterocycles.